The number of nitrogens with one attached hydrogen (secondary N) is 1. The van der Waals surface area contributed by atoms with Crippen molar-refractivity contribution in [3.8, 4) is 0 Å². The molecule has 1 aromatic carbocycles. The van der Waals surface area contributed by atoms with Gasteiger partial charge in [-0.3, -0.25) is 4.90 Å². The van der Waals surface area contributed by atoms with Crippen molar-refractivity contribution in [2.75, 3.05) is 13.1 Å². The van der Waals surface area contributed by atoms with Crippen LogP contribution in [-0.4, -0.2) is 30.1 Å². The minimum atomic E-state index is 0.603. The Morgan fingerprint density at radius 2 is 2.05 bits per heavy atom. The Morgan fingerprint density at radius 1 is 1.25 bits per heavy atom. The van der Waals surface area contributed by atoms with Crippen LogP contribution >= 0.6 is 23.2 Å². The number of rotatable bonds is 5. The van der Waals surface area contributed by atoms with Gasteiger partial charge in [0, 0.05) is 31.7 Å². The van der Waals surface area contributed by atoms with Crippen molar-refractivity contribution in [2.24, 2.45) is 0 Å². The third kappa shape index (κ3) is 4.11. The van der Waals surface area contributed by atoms with Crippen molar-refractivity contribution in [2.45, 2.75) is 51.7 Å². The van der Waals surface area contributed by atoms with E-state index >= 15 is 0 Å². The first-order chi connectivity index (χ1) is 9.63. The predicted octanol–water partition coefficient (Wildman–Crippen LogP) is 4.35. The molecule has 2 unspecified atom stereocenters. The molecule has 0 saturated carbocycles. The second-order valence-corrected chi connectivity index (χ2v) is 6.45. The Balaban J connectivity index is 2.07. The normalized spacial score (nSPS) is 24.0. The molecule has 2 nitrogen and oxygen atoms in total. The standard InChI is InChI=1S/C16H24Cl2N2/c1-3-5-14-9-19-13(4-2)11-20(14)10-12-6-7-15(17)16(18)8-12/h6-8,13-14,19H,3-5,9-11H2,1-2H3. The number of nitrogens with zero attached hydrogens (tertiary/aromatic N) is 1. The van der Waals surface area contributed by atoms with Gasteiger partial charge in [-0.1, -0.05) is 49.5 Å². The van der Waals surface area contributed by atoms with E-state index in [2.05, 4.69) is 30.1 Å². The van der Waals surface area contributed by atoms with Crippen LogP contribution in [0.5, 0.6) is 0 Å². The largest absolute Gasteiger partial charge is 0.311 e. The van der Waals surface area contributed by atoms with Crippen LogP contribution in [0.3, 0.4) is 0 Å². The topological polar surface area (TPSA) is 15.3 Å². The molecule has 4 heteroatoms. The fraction of sp³-hybridized carbons (Fsp3) is 0.625. The number of hydrogen-bond donors (Lipinski definition) is 1. The molecular weight excluding hydrogens is 291 g/mol. The van der Waals surface area contributed by atoms with E-state index in [0.29, 0.717) is 22.1 Å². The molecule has 1 aromatic rings. The molecule has 0 radical (unpaired) electrons. The Kier molecular flexibility index (Phi) is 6.16. The van der Waals surface area contributed by atoms with Crippen LogP contribution in [0, 0.1) is 0 Å². The summed E-state index contributed by atoms with van der Waals surface area (Å²) in [4.78, 5) is 2.59. The van der Waals surface area contributed by atoms with E-state index in [1.165, 1.54) is 24.8 Å². The van der Waals surface area contributed by atoms with Crippen molar-refractivity contribution < 1.29 is 0 Å². The van der Waals surface area contributed by atoms with Crippen LogP contribution in [0.2, 0.25) is 10.0 Å². The van der Waals surface area contributed by atoms with E-state index in [0.717, 1.165) is 19.6 Å². The SMILES string of the molecule is CCCC1CNC(CC)CN1Cc1ccc(Cl)c(Cl)c1. The molecular formula is C16H24Cl2N2. The lowest BCUT2D eigenvalue weighted by atomic mass is 10.0. The molecule has 0 aliphatic carbocycles. The molecule has 2 atom stereocenters. The fourth-order valence-electron chi connectivity index (χ4n) is 2.89. The summed E-state index contributed by atoms with van der Waals surface area (Å²) in [6.07, 6.45) is 3.64. The van der Waals surface area contributed by atoms with Crippen LogP contribution < -0.4 is 5.32 Å². The third-order valence-electron chi connectivity index (χ3n) is 4.10. The van der Waals surface area contributed by atoms with Crippen molar-refractivity contribution in [3.05, 3.63) is 33.8 Å². The summed E-state index contributed by atoms with van der Waals surface area (Å²) in [5.41, 5.74) is 1.25. The van der Waals surface area contributed by atoms with Crippen molar-refractivity contribution in [1.82, 2.24) is 10.2 Å². The maximum absolute atomic E-state index is 6.12. The van der Waals surface area contributed by atoms with Gasteiger partial charge in [0.2, 0.25) is 0 Å². The van der Waals surface area contributed by atoms with Gasteiger partial charge in [-0.25, -0.2) is 0 Å². The van der Waals surface area contributed by atoms with Gasteiger partial charge in [0.25, 0.3) is 0 Å². The van der Waals surface area contributed by atoms with E-state index in [1.807, 2.05) is 12.1 Å². The van der Waals surface area contributed by atoms with Crippen molar-refractivity contribution in [3.63, 3.8) is 0 Å². The Morgan fingerprint density at radius 3 is 2.70 bits per heavy atom. The molecule has 1 aliphatic heterocycles. The van der Waals surface area contributed by atoms with E-state index in [4.69, 9.17) is 23.2 Å². The Hall–Kier alpha value is -0.280. The first-order valence-electron chi connectivity index (χ1n) is 7.55. The van der Waals surface area contributed by atoms with Gasteiger partial charge < -0.3 is 5.32 Å². The molecule has 20 heavy (non-hydrogen) atoms. The third-order valence-corrected chi connectivity index (χ3v) is 4.84. The zero-order valence-electron chi connectivity index (χ0n) is 12.3. The summed E-state index contributed by atoms with van der Waals surface area (Å²) >= 11 is 12.1. The van der Waals surface area contributed by atoms with E-state index in [9.17, 15) is 0 Å². The summed E-state index contributed by atoms with van der Waals surface area (Å²) < 4.78 is 0. The zero-order valence-corrected chi connectivity index (χ0v) is 13.8. The number of halogens is 2. The van der Waals surface area contributed by atoms with Crippen molar-refractivity contribution >= 4 is 23.2 Å². The molecule has 0 bridgehead atoms. The van der Waals surface area contributed by atoms with Crippen LogP contribution in [0.15, 0.2) is 18.2 Å². The number of piperazine rings is 1. The summed E-state index contributed by atoms with van der Waals surface area (Å²) in [6.45, 7) is 7.66. The molecule has 0 spiro atoms. The fourth-order valence-corrected chi connectivity index (χ4v) is 3.21. The minimum Gasteiger partial charge on any atom is -0.311 e. The molecule has 2 rings (SSSR count). The second-order valence-electron chi connectivity index (χ2n) is 5.63. The van der Waals surface area contributed by atoms with E-state index in [1.54, 1.807) is 0 Å². The first-order valence-corrected chi connectivity index (χ1v) is 8.31. The van der Waals surface area contributed by atoms with E-state index in [-0.39, 0.29) is 0 Å². The zero-order chi connectivity index (χ0) is 14.5. The summed E-state index contributed by atoms with van der Waals surface area (Å²) in [5, 5.41) is 4.93. The van der Waals surface area contributed by atoms with Gasteiger partial charge in [-0.2, -0.15) is 0 Å². The highest BCUT2D eigenvalue weighted by molar-refractivity contribution is 6.42. The van der Waals surface area contributed by atoms with E-state index < -0.39 is 0 Å². The molecule has 0 amide bonds. The van der Waals surface area contributed by atoms with Crippen LogP contribution in [0.4, 0.5) is 0 Å². The van der Waals surface area contributed by atoms with Gasteiger partial charge in [-0.15, -0.1) is 0 Å². The summed E-state index contributed by atoms with van der Waals surface area (Å²) in [6, 6.07) is 7.20. The average molecular weight is 315 g/mol. The number of hydrogen-bond acceptors (Lipinski definition) is 2. The van der Waals surface area contributed by atoms with Crippen molar-refractivity contribution in [1.29, 1.82) is 0 Å². The van der Waals surface area contributed by atoms with Gasteiger partial charge in [0.1, 0.15) is 0 Å². The quantitative estimate of drug-likeness (QED) is 0.869. The Labute approximate surface area is 132 Å². The van der Waals surface area contributed by atoms with Gasteiger partial charge in [-0.05, 0) is 30.5 Å². The molecule has 1 heterocycles. The maximum Gasteiger partial charge on any atom is 0.0595 e. The minimum absolute atomic E-state index is 0.603. The summed E-state index contributed by atoms with van der Waals surface area (Å²) in [5.74, 6) is 0. The predicted molar refractivity (Wildman–Crippen MR) is 87.6 cm³/mol. The van der Waals surface area contributed by atoms with Gasteiger partial charge in [0.15, 0.2) is 0 Å². The highest BCUT2D eigenvalue weighted by atomic mass is 35.5. The van der Waals surface area contributed by atoms with Gasteiger partial charge in [0.05, 0.1) is 10.0 Å². The number of benzene rings is 1. The van der Waals surface area contributed by atoms with Gasteiger partial charge >= 0.3 is 0 Å². The molecule has 0 aromatic heterocycles. The molecule has 1 fully saturated rings. The first kappa shape index (κ1) is 16.1. The molecule has 1 saturated heterocycles. The van der Waals surface area contributed by atoms with Crippen LogP contribution in [-0.2, 0) is 6.54 Å². The monoisotopic (exact) mass is 314 g/mol. The highest BCUT2D eigenvalue weighted by Crippen LogP contribution is 2.24. The molecule has 112 valence electrons. The highest BCUT2D eigenvalue weighted by Gasteiger charge is 2.26. The smallest absolute Gasteiger partial charge is 0.0595 e. The Bertz CT molecular complexity index is 436. The lowest BCUT2D eigenvalue weighted by molar-refractivity contribution is 0.113. The molecule has 1 aliphatic rings. The average Bonchev–Trinajstić information content (AvgIpc) is 2.45. The lowest BCUT2D eigenvalue weighted by Crippen LogP contribution is -2.55. The molecule has 1 N–H and O–H groups in total. The summed E-state index contributed by atoms with van der Waals surface area (Å²) in [7, 11) is 0. The lowest BCUT2D eigenvalue weighted by Gasteiger charge is -2.40. The maximum atomic E-state index is 6.12. The van der Waals surface area contributed by atoms with Crippen LogP contribution in [0.1, 0.15) is 38.7 Å². The second kappa shape index (κ2) is 7.65. The van der Waals surface area contributed by atoms with Crippen LogP contribution in [0.25, 0.3) is 0 Å².